The molecule has 0 amide bonds. The van der Waals surface area contributed by atoms with Crippen molar-refractivity contribution in [1.29, 1.82) is 0 Å². The van der Waals surface area contributed by atoms with Crippen LogP contribution in [-0.4, -0.2) is 24.5 Å². The van der Waals surface area contributed by atoms with Crippen molar-refractivity contribution < 1.29 is 4.74 Å². The van der Waals surface area contributed by atoms with Gasteiger partial charge in [-0.05, 0) is 35.7 Å². The van der Waals surface area contributed by atoms with Crippen LogP contribution in [0.4, 0.5) is 0 Å². The van der Waals surface area contributed by atoms with E-state index >= 15 is 0 Å². The zero-order valence-electron chi connectivity index (χ0n) is 14.6. The van der Waals surface area contributed by atoms with Crippen LogP contribution in [0.5, 0.6) is 5.75 Å². The summed E-state index contributed by atoms with van der Waals surface area (Å²) in [5.41, 5.74) is 2.06. The number of nitrogens with one attached hydrogen (secondary N) is 2. The van der Waals surface area contributed by atoms with Gasteiger partial charge in [-0.25, -0.2) is 0 Å². The molecule has 0 spiro atoms. The van der Waals surface area contributed by atoms with Crippen LogP contribution in [0.2, 0.25) is 0 Å². The second kappa shape index (κ2) is 9.55. The minimum Gasteiger partial charge on any atom is -0.487 e. The van der Waals surface area contributed by atoms with E-state index < -0.39 is 0 Å². The second-order valence-electron chi connectivity index (χ2n) is 5.96. The molecule has 1 aromatic heterocycles. The van der Waals surface area contributed by atoms with Gasteiger partial charge in [0.05, 0.1) is 5.69 Å². The highest BCUT2D eigenvalue weighted by molar-refractivity contribution is 5.79. The van der Waals surface area contributed by atoms with Crippen LogP contribution in [0.1, 0.15) is 25.1 Å². The maximum Gasteiger partial charge on any atom is 0.191 e. The van der Waals surface area contributed by atoms with Crippen LogP contribution in [0, 0.1) is 5.92 Å². The molecule has 24 heavy (non-hydrogen) atoms. The average molecular weight is 326 g/mol. The van der Waals surface area contributed by atoms with Gasteiger partial charge in [0, 0.05) is 26.3 Å². The summed E-state index contributed by atoms with van der Waals surface area (Å²) in [6.07, 6.45) is 1.77. The van der Waals surface area contributed by atoms with Crippen molar-refractivity contribution in [2.75, 3.05) is 13.6 Å². The van der Waals surface area contributed by atoms with Gasteiger partial charge in [-0.1, -0.05) is 32.0 Å². The molecule has 5 heteroatoms. The molecule has 0 aliphatic rings. The Morgan fingerprint density at radius 2 is 2.04 bits per heavy atom. The van der Waals surface area contributed by atoms with Gasteiger partial charge in [0.1, 0.15) is 12.4 Å². The van der Waals surface area contributed by atoms with E-state index in [9.17, 15) is 0 Å². The number of pyridine rings is 1. The summed E-state index contributed by atoms with van der Waals surface area (Å²) in [6.45, 7) is 6.39. The molecule has 0 radical (unpaired) electrons. The SMILES string of the molecule is CN=C(NCc1cccc(OCc2ccccn2)c1)NCC(C)C. The van der Waals surface area contributed by atoms with Crippen molar-refractivity contribution in [3.8, 4) is 5.75 Å². The standard InChI is InChI=1S/C19H26N4O/c1-15(2)12-22-19(20-3)23-13-16-7-6-9-18(11-16)24-14-17-8-4-5-10-21-17/h4-11,15H,12-14H2,1-3H3,(H2,20,22,23). The molecule has 0 saturated heterocycles. The van der Waals surface area contributed by atoms with Crippen LogP contribution in [0.25, 0.3) is 0 Å². The Morgan fingerprint density at radius 3 is 2.75 bits per heavy atom. The first kappa shape index (κ1) is 17.8. The first-order valence-corrected chi connectivity index (χ1v) is 8.23. The maximum absolute atomic E-state index is 5.81. The maximum atomic E-state index is 5.81. The molecular weight excluding hydrogens is 300 g/mol. The molecule has 2 aromatic rings. The Balaban J connectivity index is 1.85. The average Bonchev–Trinajstić information content (AvgIpc) is 2.61. The Labute approximate surface area is 144 Å². The van der Waals surface area contributed by atoms with E-state index in [0.717, 1.165) is 29.5 Å². The lowest BCUT2D eigenvalue weighted by atomic mass is 10.2. The molecule has 2 rings (SSSR count). The predicted octanol–water partition coefficient (Wildman–Crippen LogP) is 2.98. The van der Waals surface area contributed by atoms with Gasteiger partial charge in [-0.2, -0.15) is 0 Å². The van der Waals surface area contributed by atoms with E-state index in [2.05, 4.69) is 40.5 Å². The Kier molecular flexibility index (Phi) is 7.08. The first-order valence-electron chi connectivity index (χ1n) is 8.23. The molecule has 0 fully saturated rings. The van der Waals surface area contributed by atoms with Gasteiger partial charge < -0.3 is 15.4 Å². The van der Waals surface area contributed by atoms with E-state index in [1.165, 1.54) is 0 Å². The van der Waals surface area contributed by atoms with Crippen LogP contribution in [0.15, 0.2) is 53.7 Å². The highest BCUT2D eigenvalue weighted by atomic mass is 16.5. The lowest BCUT2D eigenvalue weighted by Gasteiger charge is -2.14. The van der Waals surface area contributed by atoms with E-state index in [-0.39, 0.29) is 0 Å². The number of aliphatic imine (C=N–C) groups is 1. The molecule has 128 valence electrons. The molecule has 0 unspecified atom stereocenters. The van der Waals surface area contributed by atoms with Gasteiger partial charge in [0.2, 0.25) is 0 Å². The number of hydrogen-bond acceptors (Lipinski definition) is 3. The smallest absolute Gasteiger partial charge is 0.191 e. The minimum atomic E-state index is 0.468. The summed E-state index contributed by atoms with van der Waals surface area (Å²) >= 11 is 0. The summed E-state index contributed by atoms with van der Waals surface area (Å²) in [4.78, 5) is 8.49. The van der Waals surface area contributed by atoms with E-state index in [4.69, 9.17) is 4.74 Å². The van der Waals surface area contributed by atoms with Crippen LogP contribution in [0.3, 0.4) is 0 Å². The second-order valence-corrected chi connectivity index (χ2v) is 5.96. The fraction of sp³-hybridized carbons (Fsp3) is 0.368. The number of nitrogens with zero attached hydrogens (tertiary/aromatic N) is 2. The van der Waals surface area contributed by atoms with Gasteiger partial charge in [0.25, 0.3) is 0 Å². The summed E-state index contributed by atoms with van der Waals surface area (Å²) < 4.78 is 5.81. The normalized spacial score (nSPS) is 11.4. The lowest BCUT2D eigenvalue weighted by Crippen LogP contribution is -2.38. The fourth-order valence-corrected chi connectivity index (χ4v) is 2.09. The zero-order chi connectivity index (χ0) is 17.2. The third kappa shape index (κ3) is 6.28. The molecule has 0 aliphatic carbocycles. The largest absolute Gasteiger partial charge is 0.487 e. The van der Waals surface area contributed by atoms with Crippen LogP contribution in [-0.2, 0) is 13.2 Å². The molecule has 2 N–H and O–H groups in total. The van der Waals surface area contributed by atoms with Crippen molar-refractivity contribution in [3.05, 3.63) is 59.9 Å². The summed E-state index contributed by atoms with van der Waals surface area (Å²) in [5.74, 6) is 2.22. The van der Waals surface area contributed by atoms with E-state index in [1.54, 1.807) is 13.2 Å². The molecular formula is C19H26N4O. The number of guanidine groups is 1. The van der Waals surface area contributed by atoms with Gasteiger partial charge in [0.15, 0.2) is 5.96 Å². The molecule has 5 nitrogen and oxygen atoms in total. The highest BCUT2D eigenvalue weighted by Crippen LogP contribution is 2.14. The Bertz CT molecular complexity index is 641. The van der Waals surface area contributed by atoms with Gasteiger partial charge in [-0.3, -0.25) is 9.98 Å². The number of benzene rings is 1. The summed E-state index contributed by atoms with van der Waals surface area (Å²) in [7, 11) is 1.78. The van der Waals surface area contributed by atoms with Crippen LogP contribution < -0.4 is 15.4 Å². The fourth-order valence-electron chi connectivity index (χ4n) is 2.09. The van der Waals surface area contributed by atoms with Crippen molar-refractivity contribution in [3.63, 3.8) is 0 Å². The zero-order valence-corrected chi connectivity index (χ0v) is 14.6. The summed E-state index contributed by atoms with van der Waals surface area (Å²) in [5, 5.41) is 6.61. The highest BCUT2D eigenvalue weighted by Gasteiger charge is 2.02. The minimum absolute atomic E-state index is 0.468. The van der Waals surface area contributed by atoms with E-state index in [1.807, 2.05) is 36.4 Å². The topological polar surface area (TPSA) is 58.5 Å². The number of ether oxygens (including phenoxy) is 1. The third-order valence-electron chi connectivity index (χ3n) is 3.37. The molecule has 1 heterocycles. The third-order valence-corrected chi connectivity index (χ3v) is 3.37. The van der Waals surface area contributed by atoms with E-state index in [0.29, 0.717) is 19.1 Å². The lowest BCUT2D eigenvalue weighted by molar-refractivity contribution is 0.301. The predicted molar refractivity (Wildman–Crippen MR) is 98.1 cm³/mol. The first-order chi connectivity index (χ1) is 11.7. The Hall–Kier alpha value is -2.56. The molecule has 0 atom stereocenters. The molecule has 1 aromatic carbocycles. The number of rotatable bonds is 7. The summed E-state index contributed by atoms with van der Waals surface area (Å²) in [6, 6.07) is 13.9. The van der Waals surface area contributed by atoms with Crippen LogP contribution >= 0.6 is 0 Å². The Morgan fingerprint density at radius 1 is 1.17 bits per heavy atom. The monoisotopic (exact) mass is 326 g/mol. The number of hydrogen-bond donors (Lipinski definition) is 2. The quantitative estimate of drug-likeness (QED) is 0.607. The molecule has 0 saturated carbocycles. The van der Waals surface area contributed by atoms with Crippen molar-refractivity contribution in [2.45, 2.75) is 27.0 Å². The molecule has 0 bridgehead atoms. The van der Waals surface area contributed by atoms with Gasteiger partial charge in [-0.15, -0.1) is 0 Å². The van der Waals surface area contributed by atoms with Crippen molar-refractivity contribution in [1.82, 2.24) is 15.6 Å². The van der Waals surface area contributed by atoms with Crippen molar-refractivity contribution in [2.24, 2.45) is 10.9 Å². The molecule has 0 aliphatic heterocycles. The van der Waals surface area contributed by atoms with Crippen molar-refractivity contribution >= 4 is 5.96 Å². The number of aromatic nitrogens is 1. The van der Waals surface area contributed by atoms with Gasteiger partial charge >= 0.3 is 0 Å².